The van der Waals surface area contributed by atoms with E-state index in [0.717, 1.165) is 43.8 Å². The van der Waals surface area contributed by atoms with E-state index in [1.807, 2.05) is 18.2 Å². The summed E-state index contributed by atoms with van der Waals surface area (Å²) in [5, 5.41) is 18.3. The van der Waals surface area contributed by atoms with Crippen molar-refractivity contribution in [3.05, 3.63) is 156 Å². The van der Waals surface area contributed by atoms with E-state index in [1.54, 1.807) is 0 Å². The molecule has 0 saturated carbocycles. The Labute approximate surface area is 334 Å². The van der Waals surface area contributed by atoms with Crippen LogP contribution >= 0.6 is 7.92 Å². The van der Waals surface area contributed by atoms with Crippen molar-refractivity contribution in [2.24, 2.45) is 0 Å². The van der Waals surface area contributed by atoms with Gasteiger partial charge >= 0.3 is 5.97 Å². The number of ether oxygens (including phenoxy) is 1. The summed E-state index contributed by atoms with van der Waals surface area (Å²) < 4.78 is 6.55. The molecule has 0 aliphatic rings. The molecule has 0 bridgehead atoms. The van der Waals surface area contributed by atoms with E-state index in [2.05, 4.69) is 171 Å². The largest absolute Gasteiger partial charge is 0.481 e. The molecule has 0 fully saturated rings. The van der Waals surface area contributed by atoms with Gasteiger partial charge in [-0.05, 0) is 103 Å². The average Bonchev–Trinajstić information content (AvgIpc) is 3.19. The summed E-state index contributed by atoms with van der Waals surface area (Å²) >= 11 is 0. The van der Waals surface area contributed by atoms with E-state index in [1.165, 1.54) is 38.2 Å². The summed E-state index contributed by atoms with van der Waals surface area (Å²) in [6.07, 6.45) is 0. The van der Waals surface area contributed by atoms with E-state index < -0.39 is 20.5 Å². The standard InChI is InChI=1S/C52H53O3P/c1-32(2)39-24-40(33(3)4)27-43(26-39)56(44-28-41(34(5)6)25-42(29-44)35(7)8)48-23-22-37-18-12-14-20-45(37)50(48)51-46-21-15-13-19-38(46)30-47(36-16-10-9-11-17-36)52(51)55-31-49(53)54/h9-30,32-35H,31H2,1-8H3,(H,53,54). The molecular formula is C52H53O3P. The molecule has 0 aliphatic heterocycles. The number of benzene rings is 7. The Bertz CT molecular complexity index is 2410. The maximum absolute atomic E-state index is 12.3. The van der Waals surface area contributed by atoms with Crippen molar-refractivity contribution in [2.75, 3.05) is 6.61 Å². The molecule has 284 valence electrons. The molecular weight excluding hydrogens is 704 g/mol. The van der Waals surface area contributed by atoms with Gasteiger partial charge < -0.3 is 9.84 Å². The fourth-order valence-electron chi connectivity index (χ4n) is 7.74. The minimum atomic E-state index is -1.15. The van der Waals surface area contributed by atoms with Gasteiger partial charge in [0.05, 0.1) is 0 Å². The monoisotopic (exact) mass is 756 g/mol. The van der Waals surface area contributed by atoms with Gasteiger partial charge in [-0.1, -0.05) is 183 Å². The molecule has 0 heterocycles. The molecule has 7 aromatic rings. The minimum absolute atomic E-state index is 0.358. The van der Waals surface area contributed by atoms with Gasteiger partial charge in [0.1, 0.15) is 5.75 Å². The number of fused-ring (bicyclic) bond motifs is 2. The highest BCUT2D eigenvalue weighted by molar-refractivity contribution is 7.80. The topological polar surface area (TPSA) is 46.5 Å². The van der Waals surface area contributed by atoms with E-state index >= 15 is 0 Å². The van der Waals surface area contributed by atoms with Crippen LogP contribution in [0.15, 0.2) is 133 Å². The highest BCUT2D eigenvalue weighted by atomic mass is 31.1. The Hall–Kier alpha value is -5.24. The molecule has 0 aliphatic carbocycles. The van der Waals surface area contributed by atoms with Gasteiger partial charge in [0.25, 0.3) is 0 Å². The maximum Gasteiger partial charge on any atom is 0.341 e. The van der Waals surface area contributed by atoms with Crippen molar-refractivity contribution < 1.29 is 14.6 Å². The highest BCUT2D eigenvalue weighted by Crippen LogP contribution is 2.49. The second-order valence-electron chi connectivity index (χ2n) is 16.2. The van der Waals surface area contributed by atoms with Gasteiger partial charge in [-0.15, -0.1) is 0 Å². The molecule has 0 radical (unpaired) electrons. The Kier molecular flexibility index (Phi) is 11.5. The van der Waals surface area contributed by atoms with Gasteiger partial charge in [-0.25, -0.2) is 4.79 Å². The molecule has 0 spiro atoms. The predicted molar refractivity (Wildman–Crippen MR) is 241 cm³/mol. The molecule has 0 saturated heterocycles. The molecule has 0 atom stereocenters. The Morgan fingerprint density at radius 2 is 1.00 bits per heavy atom. The molecule has 56 heavy (non-hydrogen) atoms. The van der Waals surface area contributed by atoms with Crippen molar-refractivity contribution in [1.29, 1.82) is 0 Å². The number of hydrogen-bond acceptors (Lipinski definition) is 2. The van der Waals surface area contributed by atoms with Crippen LogP contribution in [-0.4, -0.2) is 17.7 Å². The number of carbonyl (C=O) groups is 1. The zero-order chi connectivity index (χ0) is 39.7. The van der Waals surface area contributed by atoms with Crippen molar-refractivity contribution >= 4 is 51.3 Å². The lowest BCUT2D eigenvalue weighted by molar-refractivity contribution is -0.139. The van der Waals surface area contributed by atoms with Crippen LogP contribution in [0.2, 0.25) is 0 Å². The average molecular weight is 757 g/mol. The molecule has 3 nitrogen and oxygen atoms in total. The van der Waals surface area contributed by atoms with Crippen LogP contribution in [0.25, 0.3) is 43.8 Å². The second kappa shape index (κ2) is 16.5. The molecule has 7 rings (SSSR count). The number of carboxylic acids is 1. The molecule has 4 heteroatoms. The number of carboxylic acid groups (broad SMARTS) is 1. The first-order chi connectivity index (χ1) is 26.9. The molecule has 0 unspecified atom stereocenters. The Balaban J connectivity index is 1.69. The summed E-state index contributed by atoms with van der Waals surface area (Å²) in [7, 11) is -1.15. The smallest absolute Gasteiger partial charge is 0.341 e. The van der Waals surface area contributed by atoms with Crippen molar-refractivity contribution in [1.82, 2.24) is 0 Å². The first-order valence-corrected chi connectivity index (χ1v) is 21.3. The highest BCUT2D eigenvalue weighted by Gasteiger charge is 2.29. The van der Waals surface area contributed by atoms with Gasteiger partial charge in [0, 0.05) is 16.7 Å². The SMILES string of the molecule is CC(C)c1cc(C(C)C)cc(P(c2cc(C(C)C)cc(C(C)C)c2)c2ccc3ccccc3c2-c2c(OCC(=O)O)c(-c3ccccc3)cc3ccccc23)c1. The van der Waals surface area contributed by atoms with E-state index in [9.17, 15) is 9.90 Å². The molecule has 0 aromatic heterocycles. The lowest BCUT2D eigenvalue weighted by Gasteiger charge is -2.29. The zero-order valence-corrected chi connectivity index (χ0v) is 34.8. The quantitative estimate of drug-likeness (QED) is 0.126. The number of aliphatic carboxylic acids is 1. The third-order valence-electron chi connectivity index (χ3n) is 10.9. The molecule has 7 aromatic carbocycles. The van der Waals surface area contributed by atoms with Crippen molar-refractivity contribution in [3.8, 4) is 28.0 Å². The number of hydrogen-bond donors (Lipinski definition) is 1. The van der Waals surface area contributed by atoms with E-state index in [-0.39, 0.29) is 0 Å². The number of rotatable bonds is 12. The van der Waals surface area contributed by atoms with Gasteiger partial charge in [-0.2, -0.15) is 0 Å². The zero-order valence-electron chi connectivity index (χ0n) is 33.9. The second-order valence-corrected chi connectivity index (χ2v) is 18.4. The normalized spacial score (nSPS) is 11.9. The summed E-state index contributed by atoms with van der Waals surface area (Å²) in [6.45, 7) is 17.8. The van der Waals surface area contributed by atoms with Crippen LogP contribution in [0.1, 0.15) is 101 Å². The summed E-state index contributed by atoms with van der Waals surface area (Å²) in [4.78, 5) is 12.3. The third kappa shape index (κ3) is 7.89. The fourth-order valence-corrected chi connectivity index (χ4v) is 10.4. The summed E-state index contributed by atoms with van der Waals surface area (Å²) in [5.74, 6) is 1.00. The van der Waals surface area contributed by atoms with E-state index in [0.29, 0.717) is 29.4 Å². The maximum atomic E-state index is 12.3. The Morgan fingerprint density at radius 1 is 0.536 bits per heavy atom. The van der Waals surface area contributed by atoms with Crippen LogP contribution in [-0.2, 0) is 4.79 Å². The van der Waals surface area contributed by atoms with Gasteiger partial charge in [-0.3, -0.25) is 0 Å². The summed E-state index contributed by atoms with van der Waals surface area (Å²) in [6, 6.07) is 48.7. The van der Waals surface area contributed by atoms with Crippen LogP contribution in [0.3, 0.4) is 0 Å². The first-order valence-electron chi connectivity index (χ1n) is 20.0. The molecule has 1 N–H and O–H groups in total. The first kappa shape index (κ1) is 39.0. The summed E-state index contributed by atoms with van der Waals surface area (Å²) in [5.41, 5.74) is 9.22. The van der Waals surface area contributed by atoms with Crippen LogP contribution in [0.4, 0.5) is 0 Å². The van der Waals surface area contributed by atoms with Crippen LogP contribution in [0, 0.1) is 0 Å². The third-order valence-corrected chi connectivity index (χ3v) is 13.3. The Morgan fingerprint density at radius 3 is 1.50 bits per heavy atom. The lowest BCUT2D eigenvalue weighted by atomic mass is 9.89. The van der Waals surface area contributed by atoms with Crippen LogP contribution in [0.5, 0.6) is 5.75 Å². The van der Waals surface area contributed by atoms with Crippen molar-refractivity contribution in [2.45, 2.75) is 79.1 Å². The van der Waals surface area contributed by atoms with Gasteiger partial charge in [0.2, 0.25) is 0 Å². The molecule has 0 amide bonds. The predicted octanol–water partition coefficient (Wildman–Crippen LogP) is 13.0. The lowest BCUT2D eigenvalue weighted by Crippen LogP contribution is -2.25. The van der Waals surface area contributed by atoms with Crippen molar-refractivity contribution in [3.63, 3.8) is 0 Å². The fraction of sp³-hybridized carbons (Fsp3) is 0.250. The van der Waals surface area contributed by atoms with Crippen LogP contribution < -0.4 is 20.7 Å². The van der Waals surface area contributed by atoms with Gasteiger partial charge in [0.15, 0.2) is 6.61 Å². The van der Waals surface area contributed by atoms with E-state index in [4.69, 9.17) is 4.74 Å². The minimum Gasteiger partial charge on any atom is -0.481 e.